The van der Waals surface area contributed by atoms with Gasteiger partial charge in [0.15, 0.2) is 17.3 Å². The molecule has 1 aliphatic carbocycles. The average Bonchev–Trinajstić information content (AvgIpc) is 3.04. The van der Waals surface area contributed by atoms with Gasteiger partial charge in [-0.05, 0) is 74.7 Å². The molecule has 31 heavy (non-hydrogen) atoms. The van der Waals surface area contributed by atoms with Crippen LogP contribution < -0.4 is 0 Å². The summed E-state index contributed by atoms with van der Waals surface area (Å²) in [6, 6.07) is 5.71. The molecule has 3 aromatic rings. The summed E-state index contributed by atoms with van der Waals surface area (Å²) >= 11 is 1.72. The molecule has 0 N–H and O–H groups in total. The normalized spacial score (nSPS) is 23.2. The van der Waals surface area contributed by atoms with E-state index in [1.54, 1.807) is 17.8 Å². The third kappa shape index (κ3) is 3.91. The zero-order valence-electron chi connectivity index (χ0n) is 18.3. The number of likely N-dealkylation sites (tertiary alicyclic amines) is 1. The number of oxazole rings is 1. The zero-order chi connectivity index (χ0) is 21.6. The minimum absolute atomic E-state index is 0.0275. The van der Waals surface area contributed by atoms with E-state index in [4.69, 9.17) is 4.42 Å². The summed E-state index contributed by atoms with van der Waals surface area (Å²) < 4.78 is 21.8. The van der Waals surface area contributed by atoms with Crippen molar-refractivity contribution in [2.75, 3.05) is 25.4 Å². The van der Waals surface area contributed by atoms with Crippen molar-refractivity contribution in [3.63, 3.8) is 0 Å². The predicted molar refractivity (Wildman–Crippen MR) is 119 cm³/mol. The van der Waals surface area contributed by atoms with E-state index in [9.17, 15) is 4.39 Å². The highest BCUT2D eigenvalue weighted by Gasteiger charge is 2.58. The van der Waals surface area contributed by atoms with Gasteiger partial charge in [-0.15, -0.1) is 10.2 Å². The second kappa shape index (κ2) is 8.06. The van der Waals surface area contributed by atoms with E-state index >= 15 is 0 Å². The highest BCUT2D eigenvalue weighted by molar-refractivity contribution is 7.99. The first-order chi connectivity index (χ1) is 15.0. The number of thioether (sulfide) groups is 1. The van der Waals surface area contributed by atoms with E-state index in [2.05, 4.69) is 20.1 Å². The Morgan fingerprint density at radius 2 is 2.16 bits per heavy atom. The number of halogens is 1. The molecule has 2 atom stereocenters. The maximum atomic E-state index is 14.4. The van der Waals surface area contributed by atoms with Crippen LogP contribution in [0.4, 0.5) is 4.39 Å². The van der Waals surface area contributed by atoms with Crippen LogP contribution in [-0.4, -0.2) is 50.0 Å². The second-order valence-electron chi connectivity index (χ2n) is 9.00. The van der Waals surface area contributed by atoms with Crippen molar-refractivity contribution in [3.8, 4) is 11.6 Å². The molecule has 3 heterocycles. The van der Waals surface area contributed by atoms with Crippen LogP contribution >= 0.6 is 11.8 Å². The van der Waals surface area contributed by atoms with Gasteiger partial charge in [0.1, 0.15) is 5.82 Å². The number of rotatable bonds is 7. The molecule has 0 unspecified atom stereocenters. The smallest absolute Gasteiger partial charge is 0.202 e. The Morgan fingerprint density at radius 1 is 1.29 bits per heavy atom. The highest BCUT2D eigenvalue weighted by Crippen LogP contribution is 2.64. The van der Waals surface area contributed by atoms with Crippen LogP contribution in [0, 0.1) is 25.1 Å². The van der Waals surface area contributed by atoms with E-state index in [0.717, 1.165) is 60.2 Å². The Labute approximate surface area is 186 Å². The summed E-state index contributed by atoms with van der Waals surface area (Å²) in [6.07, 6.45) is 4.84. The summed E-state index contributed by atoms with van der Waals surface area (Å²) in [5, 5.41) is 9.47. The fourth-order valence-corrected chi connectivity index (χ4v) is 5.77. The molecule has 2 aliphatic rings. The van der Waals surface area contributed by atoms with Gasteiger partial charge in [0.25, 0.3) is 0 Å². The molecule has 1 spiro atoms. The summed E-state index contributed by atoms with van der Waals surface area (Å²) in [6.45, 7) is 7.13. The lowest BCUT2D eigenvalue weighted by atomic mass is 9.97. The Bertz CT molecular complexity index is 1100. The fraction of sp³-hybridized carbons (Fsp3) is 0.522. The van der Waals surface area contributed by atoms with Crippen molar-refractivity contribution in [3.05, 3.63) is 47.2 Å². The molecule has 164 valence electrons. The molecule has 2 fully saturated rings. The molecule has 0 bridgehead atoms. The first-order valence-corrected chi connectivity index (χ1v) is 11.9. The van der Waals surface area contributed by atoms with Gasteiger partial charge in [-0.25, -0.2) is 9.37 Å². The quantitative estimate of drug-likeness (QED) is 0.395. The number of hydrogen-bond acceptors (Lipinski definition) is 6. The van der Waals surface area contributed by atoms with Gasteiger partial charge in [-0.2, -0.15) is 0 Å². The molecule has 1 aliphatic heterocycles. The van der Waals surface area contributed by atoms with Crippen LogP contribution in [0.5, 0.6) is 0 Å². The summed E-state index contributed by atoms with van der Waals surface area (Å²) in [5.74, 6) is 2.74. The van der Waals surface area contributed by atoms with Crippen LogP contribution in [0.1, 0.15) is 42.0 Å². The van der Waals surface area contributed by atoms with Crippen molar-refractivity contribution < 1.29 is 8.81 Å². The number of benzene rings is 1. The topological polar surface area (TPSA) is 60.0 Å². The maximum Gasteiger partial charge on any atom is 0.202 e. The standard InChI is InChI=1S/C23H28FN5OS/c1-15-5-6-17(19(24)11-15)18-12-23(18)7-9-29(13-23)8-4-10-31-22-27-26-21(28(22)3)20-16(2)25-14-30-20/h5-6,11,14,18H,4,7-10,12-13H2,1-3H3/t18-,23+/m1/s1. The molecule has 1 aromatic carbocycles. The lowest BCUT2D eigenvalue weighted by molar-refractivity contribution is 0.319. The molecule has 0 radical (unpaired) electrons. The lowest BCUT2D eigenvalue weighted by Gasteiger charge is -2.16. The van der Waals surface area contributed by atoms with Crippen LogP contribution in [0.15, 0.2) is 34.2 Å². The number of aromatic nitrogens is 4. The Kier molecular flexibility index (Phi) is 5.38. The van der Waals surface area contributed by atoms with Crippen molar-refractivity contribution in [2.24, 2.45) is 12.5 Å². The van der Waals surface area contributed by atoms with E-state index in [1.165, 1.54) is 12.8 Å². The third-order valence-electron chi connectivity index (χ3n) is 6.82. The maximum absolute atomic E-state index is 14.4. The number of aryl methyl sites for hydroxylation is 2. The van der Waals surface area contributed by atoms with Crippen molar-refractivity contribution in [2.45, 2.75) is 44.2 Å². The molecule has 5 rings (SSSR count). The molecule has 1 saturated carbocycles. The minimum Gasteiger partial charge on any atom is -0.440 e. The lowest BCUT2D eigenvalue weighted by Crippen LogP contribution is -2.23. The SMILES string of the molecule is Cc1ccc([C@H]2C[C@]23CCN(CCCSc2nnc(-c4ocnc4C)n2C)C3)c(F)c1. The summed E-state index contributed by atoms with van der Waals surface area (Å²) in [7, 11) is 1.96. The average molecular weight is 442 g/mol. The molecule has 0 amide bonds. The molecular formula is C23H28FN5OS. The van der Waals surface area contributed by atoms with Crippen molar-refractivity contribution in [1.29, 1.82) is 0 Å². The largest absolute Gasteiger partial charge is 0.440 e. The van der Waals surface area contributed by atoms with Crippen molar-refractivity contribution in [1.82, 2.24) is 24.6 Å². The van der Waals surface area contributed by atoms with Crippen LogP contribution in [0.25, 0.3) is 11.6 Å². The van der Waals surface area contributed by atoms with E-state index < -0.39 is 0 Å². The third-order valence-corrected chi connectivity index (χ3v) is 7.93. The fourth-order valence-electron chi connectivity index (χ4n) is 4.93. The second-order valence-corrected chi connectivity index (χ2v) is 10.1. The van der Waals surface area contributed by atoms with E-state index in [1.807, 2.05) is 37.6 Å². The van der Waals surface area contributed by atoms with Gasteiger partial charge in [-0.1, -0.05) is 23.9 Å². The number of hydrogen-bond donors (Lipinski definition) is 0. The monoisotopic (exact) mass is 441 g/mol. The Hall–Kier alpha value is -2.19. The predicted octanol–water partition coefficient (Wildman–Crippen LogP) is 4.59. The summed E-state index contributed by atoms with van der Waals surface area (Å²) in [5.41, 5.74) is 3.03. The van der Waals surface area contributed by atoms with Gasteiger partial charge in [-0.3, -0.25) is 0 Å². The van der Waals surface area contributed by atoms with Gasteiger partial charge < -0.3 is 13.9 Å². The molecular weight excluding hydrogens is 413 g/mol. The van der Waals surface area contributed by atoms with Gasteiger partial charge in [0.05, 0.1) is 5.69 Å². The highest BCUT2D eigenvalue weighted by atomic mass is 32.2. The molecule has 1 saturated heterocycles. The van der Waals surface area contributed by atoms with E-state index in [-0.39, 0.29) is 5.82 Å². The van der Waals surface area contributed by atoms with Gasteiger partial charge in [0, 0.05) is 19.3 Å². The molecule has 8 heteroatoms. The van der Waals surface area contributed by atoms with Crippen LogP contribution in [0.3, 0.4) is 0 Å². The Morgan fingerprint density at radius 3 is 2.94 bits per heavy atom. The number of nitrogens with zero attached hydrogens (tertiary/aromatic N) is 5. The van der Waals surface area contributed by atoms with Gasteiger partial charge in [0.2, 0.25) is 5.82 Å². The Balaban J connectivity index is 1.11. The zero-order valence-corrected chi connectivity index (χ0v) is 19.1. The molecule has 6 nitrogen and oxygen atoms in total. The van der Waals surface area contributed by atoms with Gasteiger partial charge >= 0.3 is 0 Å². The molecule has 2 aromatic heterocycles. The minimum atomic E-state index is -0.0275. The van der Waals surface area contributed by atoms with E-state index in [0.29, 0.717) is 22.9 Å². The summed E-state index contributed by atoms with van der Waals surface area (Å²) in [4.78, 5) is 6.68. The van der Waals surface area contributed by atoms with Crippen LogP contribution in [-0.2, 0) is 7.05 Å². The first kappa shape index (κ1) is 20.7. The van der Waals surface area contributed by atoms with Crippen LogP contribution in [0.2, 0.25) is 0 Å². The first-order valence-electron chi connectivity index (χ1n) is 10.9. The van der Waals surface area contributed by atoms with Crippen molar-refractivity contribution >= 4 is 11.8 Å².